The second-order valence-corrected chi connectivity index (χ2v) is 8.76. The largest absolute Gasteiger partial charge is 0.379 e. The fourth-order valence-electron chi connectivity index (χ4n) is 3.23. The third-order valence-corrected chi connectivity index (χ3v) is 6.49. The van der Waals surface area contributed by atoms with E-state index in [1.807, 2.05) is 5.38 Å². The molecular formula is C22H21Cl2N3O2S. The summed E-state index contributed by atoms with van der Waals surface area (Å²) in [5.41, 5.74) is 3.69. The van der Waals surface area contributed by atoms with Gasteiger partial charge < -0.3 is 10.1 Å². The quantitative estimate of drug-likeness (QED) is 0.552. The van der Waals surface area contributed by atoms with Gasteiger partial charge in [-0.1, -0.05) is 47.5 Å². The van der Waals surface area contributed by atoms with Crippen molar-refractivity contribution < 1.29 is 9.53 Å². The first-order valence-corrected chi connectivity index (χ1v) is 11.3. The molecule has 3 aromatic rings. The summed E-state index contributed by atoms with van der Waals surface area (Å²) < 4.78 is 5.40. The second-order valence-electron chi connectivity index (χ2n) is 7.08. The molecule has 1 aliphatic rings. The van der Waals surface area contributed by atoms with E-state index in [1.165, 1.54) is 5.56 Å². The highest BCUT2D eigenvalue weighted by Gasteiger charge is 2.12. The summed E-state index contributed by atoms with van der Waals surface area (Å²) in [6, 6.07) is 13.5. The number of halogens is 2. The van der Waals surface area contributed by atoms with Gasteiger partial charge in [-0.15, -0.1) is 11.3 Å². The lowest BCUT2D eigenvalue weighted by Gasteiger charge is -2.26. The number of aromatic nitrogens is 1. The molecule has 1 aromatic heterocycles. The van der Waals surface area contributed by atoms with Crippen LogP contribution in [-0.2, 0) is 22.5 Å². The van der Waals surface area contributed by atoms with Crippen LogP contribution in [0.1, 0.15) is 11.3 Å². The Morgan fingerprint density at radius 2 is 1.87 bits per heavy atom. The van der Waals surface area contributed by atoms with Gasteiger partial charge in [-0.25, -0.2) is 4.98 Å². The van der Waals surface area contributed by atoms with E-state index in [9.17, 15) is 4.79 Å². The van der Waals surface area contributed by atoms with Crippen LogP contribution in [0.2, 0.25) is 10.0 Å². The minimum atomic E-state index is -0.147. The highest BCUT2D eigenvalue weighted by Crippen LogP contribution is 2.26. The summed E-state index contributed by atoms with van der Waals surface area (Å²) in [5.74, 6) is -0.147. The Labute approximate surface area is 189 Å². The molecule has 0 bridgehead atoms. The molecule has 0 spiro atoms. The summed E-state index contributed by atoms with van der Waals surface area (Å²) >= 11 is 13.4. The number of carbonyl (C=O) groups excluding carboxylic acids is 1. The number of carbonyl (C=O) groups is 1. The lowest BCUT2D eigenvalue weighted by molar-refractivity contribution is -0.115. The highest BCUT2D eigenvalue weighted by molar-refractivity contribution is 7.13. The molecular weight excluding hydrogens is 441 g/mol. The SMILES string of the molecule is O=C(Cc1csc(-c2ccc(CN3CCOCC3)cc2)n1)Nc1ccc(Cl)c(Cl)c1. The first-order chi connectivity index (χ1) is 14.6. The molecule has 1 saturated heterocycles. The summed E-state index contributed by atoms with van der Waals surface area (Å²) in [6.45, 7) is 4.49. The van der Waals surface area contributed by atoms with E-state index in [2.05, 4.69) is 39.5 Å². The molecule has 0 atom stereocenters. The van der Waals surface area contributed by atoms with Crippen LogP contribution in [0, 0.1) is 0 Å². The zero-order chi connectivity index (χ0) is 20.9. The number of thiazole rings is 1. The number of morpholine rings is 1. The maximum atomic E-state index is 12.3. The van der Waals surface area contributed by atoms with Crippen LogP contribution in [-0.4, -0.2) is 42.1 Å². The number of rotatable bonds is 6. The predicted molar refractivity (Wildman–Crippen MR) is 122 cm³/mol. The van der Waals surface area contributed by atoms with Crippen molar-refractivity contribution in [3.8, 4) is 10.6 Å². The number of hydrogen-bond acceptors (Lipinski definition) is 5. The fraction of sp³-hybridized carbons (Fsp3) is 0.273. The van der Waals surface area contributed by atoms with Crippen molar-refractivity contribution >= 4 is 46.1 Å². The smallest absolute Gasteiger partial charge is 0.230 e. The Kier molecular flexibility index (Phi) is 7.02. The van der Waals surface area contributed by atoms with Gasteiger partial charge in [0.05, 0.1) is 35.4 Å². The van der Waals surface area contributed by atoms with Crippen molar-refractivity contribution in [3.63, 3.8) is 0 Å². The van der Waals surface area contributed by atoms with E-state index in [0.717, 1.165) is 49.1 Å². The van der Waals surface area contributed by atoms with Crippen molar-refractivity contribution in [1.29, 1.82) is 0 Å². The molecule has 0 aliphatic carbocycles. The number of nitrogens with zero attached hydrogens (tertiary/aromatic N) is 2. The second kappa shape index (κ2) is 9.90. The molecule has 5 nitrogen and oxygen atoms in total. The van der Waals surface area contributed by atoms with Crippen molar-refractivity contribution in [1.82, 2.24) is 9.88 Å². The topological polar surface area (TPSA) is 54.5 Å². The van der Waals surface area contributed by atoms with Crippen LogP contribution in [0.3, 0.4) is 0 Å². The normalized spacial score (nSPS) is 14.6. The minimum Gasteiger partial charge on any atom is -0.379 e. The molecule has 8 heteroatoms. The van der Waals surface area contributed by atoms with Crippen molar-refractivity contribution in [2.45, 2.75) is 13.0 Å². The van der Waals surface area contributed by atoms with Crippen molar-refractivity contribution in [3.05, 3.63) is 69.1 Å². The van der Waals surface area contributed by atoms with Gasteiger partial charge in [0, 0.05) is 36.3 Å². The molecule has 2 aromatic carbocycles. The summed E-state index contributed by atoms with van der Waals surface area (Å²) in [4.78, 5) is 19.3. The summed E-state index contributed by atoms with van der Waals surface area (Å²) in [5, 5.41) is 6.51. The molecule has 156 valence electrons. The average Bonchev–Trinajstić information content (AvgIpc) is 3.20. The zero-order valence-electron chi connectivity index (χ0n) is 16.2. The Balaban J connectivity index is 1.35. The Bertz CT molecular complexity index is 1020. The minimum absolute atomic E-state index is 0.147. The summed E-state index contributed by atoms with van der Waals surface area (Å²) in [6.07, 6.45) is 0.200. The Morgan fingerprint density at radius 3 is 2.60 bits per heavy atom. The standard InChI is InChI=1S/C22H21Cl2N3O2S/c23-19-6-5-17(11-20(19)24)25-21(28)12-18-14-30-22(26-18)16-3-1-15(2-4-16)13-27-7-9-29-10-8-27/h1-6,11,14H,7-10,12-13H2,(H,25,28). The molecule has 1 amide bonds. The van der Waals surface area contributed by atoms with E-state index in [0.29, 0.717) is 15.7 Å². The van der Waals surface area contributed by atoms with Crippen LogP contribution < -0.4 is 5.32 Å². The molecule has 1 aliphatic heterocycles. The van der Waals surface area contributed by atoms with Crippen molar-refractivity contribution in [2.24, 2.45) is 0 Å². The predicted octanol–water partition coefficient (Wildman–Crippen LogP) is 5.13. The highest BCUT2D eigenvalue weighted by atomic mass is 35.5. The molecule has 30 heavy (non-hydrogen) atoms. The van der Waals surface area contributed by atoms with Crippen LogP contribution in [0.4, 0.5) is 5.69 Å². The summed E-state index contributed by atoms with van der Waals surface area (Å²) in [7, 11) is 0. The molecule has 1 fully saturated rings. The number of nitrogens with one attached hydrogen (secondary N) is 1. The monoisotopic (exact) mass is 461 g/mol. The van der Waals surface area contributed by atoms with E-state index in [4.69, 9.17) is 27.9 Å². The van der Waals surface area contributed by atoms with Crippen LogP contribution in [0.25, 0.3) is 10.6 Å². The van der Waals surface area contributed by atoms with Gasteiger partial charge in [-0.3, -0.25) is 9.69 Å². The molecule has 1 N–H and O–H groups in total. The Hall–Kier alpha value is -1.96. The van der Waals surface area contributed by atoms with Crippen LogP contribution in [0.15, 0.2) is 47.8 Å². The maximum Gasteiger partial charge on any atom is 0.230 e. The number of ether oxygens (including phenoxy) is 1. The van der Waals surface area contributed by atoms with Crippen LogP contribution >= 0.6 is 34.5 Å². The van der Waals surface area contributed by atoms with Gasteiger partial charge >= 0.3 is 0 Å². The van der Waals surface area contributed by atoms with E-state index in [-0.39, 0.29) is 12.3 Å². The lowest BCUT2D eigenvalue weighted by atomic mass is 10.1. The number of hydrogen-bond donors (Lipinski definition) is 1. The van der Waals surface area contributed by atoms with Gasteiger partial charge in [0.2, 0.25) is 5.91 Å². The number of amides is 1. The third kappa shape index (κ3) is 5.59. The molecule has 4 rings (SSSR count). The van der Waals surface area contributed by atoms with Gasteiger partial charge in [0.15, 0.2) is 0 Å². The van der Waals surface area contributed by atoms with Gasteiger partial charge in [-0.2, -0.15) is 0 Å². The van der Waals surface area contributed by atoms with Crippen LogP contribution in [0.5, 0.6) is 0 Å². The van der Waals surface area contributed by atoms with Crippen molar-refractivity contribution in [2.75, 3.05) is 31.6 Å². The van der Waals surface area contributed by atoms with E-state index < -0.39 is 0 Å². The third-order valence-electron chi connectivity index (χ3n) is 4.81. The lowest BCUT2D eigenvalue weighted by Crippen LogP contribution is -2.35. The number of benzene rings is 2. The van der Waals surface area contributed by atoms with Gasteiger partial charge in [-0.05, 0) is 23.8 Å². The first kappa shape index (κ1) is 21.3. The Morgan fingerprint density at radius 1 is 1.10 bits per heavy atom. The fourth-order valence-corrected chi connectivity index (χ4v) is 4.36. The van der Waals surface area contributed by atoms with E-state index in [1.54, 1.807) is 29.5 Å². The molecule has 0 radical (unpaired) electrons. The number of anilines is 1. The first-order valence-electron chi connectivity index (χ1n) is 9.65. The molecule has 2 heterocycles. The molecule has 0 unspecified atom stereocenters. The maximum absolute atomic E-state index is 12.3. The molecule has 0 saturated carbocycles. The zero-order valence-corrected chi connectivity index (χ0v) is 18.6. The van der Waals surface area contributed by atoms with E-state index >= 15 is 0 Å². The average molecular weight is 462 g/mol. The van der Waals surface area contributed by atoms with Gasteiger partial charge in [0.25, 0.3) is 0 Å². The van der Waals surface area contributed by atoms with Gasteiger partial charge in [0.1, 0.15) is 5.01 Å².